The van der Waals surface area contributed by atoms with Gasteiger partial charge >= 0.3 is 0 Å². The first-order valence-corrected chi connectivity index (χ1v) is 9.60. The second kappa shape index (κ2) is 7.78. The molecule has 0 bridgehead atoms. The maximum Gasteiger partial charge on any atom is 0.243 e. The maximum atomic E-state index is 12.7. The van der Waals surface area contributed by atoms with Gasteiger partial charge in [0.05, 0.1) is 12.0 Å². The molecule has 2 aliphatic rings. The van der Waals surface area contributed by atoms with Gasteiger partial charge in [-0.2, -0.15) is 0 Å². The number of nitrogens with zero attached hydrogens (tertiary/aromatic N) is 2. The van der Waals surface area contributed by atoms with Gasteiger partial charge in [-0.15, -0.1) is 0 Å². The number of imidazole rings is 1. The molecule has 0 saturated carbocycles. The molecule has 7 heteroatoms. The van der Waals surface area contributed by atoms with Crippen LogP contribution in [0.25, 0.3) is 0 Å². The number of halogens is 1. The second-order valence-electron chi connectivity index (χ2n) is 7.05. The number of nitrogens with one attached hydrogen (secondary N) is 3. The Hall–Kier alpha value is -1.89. The van der Waals surface area contributed by atoms with Crippen LogP contribution in [0.4, 0.5) is 0 Å². The monoisotopic (exact) mass is 373 g/mol. The number of benzene rings is 1. The van der Waals surface area contributed by atoms with Gasteiger partial charge in [-0.1, -0.05) is 29.8 Å². The van der Waals surface area contributed by atoms with Crippen LogP contribution in [0.3, 0.4) is 0 Å². The number of amides is 1. The van der Waals surface area contributed by atoms with E-state index in [1.807, 2.05) is 18.2 Å². The molecular formula is C19H24ClN5O. The molecule has 1 aromatic carbocycles. The van der Waals surface area contributed by atoms with Crippen molar-refractivity contribution >= 4 is 17.5 Å². The Kier molecular flexibility index (Phi) is 5.24. The van der Waals surface area contributed by atoms with Crippen molar-refractivity contribution in [3.05, 3.63) is 52.6 Å². The summed E-state index contributed by atoms with van der Waals surface area (Å²) >= 11 is 6.26. The van der Waals surface area contributed by atoms with Gasteiger partial charge in [0.15, 0.2) is 0 Å². The summed E-state index contributed by atoms with van der Waals surface area (Å²) in [5.74, 6) is 0.0302. The molecule has 1 fully saturated rings. The van der Waals surface area contributed by atoms with E-state index in [0.29, 0.717) is 0 Å². The molecule has 1 amide bonds. The number of fused-ring (bicyclic) bond motifs is 1. The summed E-state index contributed by atoms with van der Waals surface area (Å²) in [6, 6.07) is 7.87. The highest BCUT2D eigenvalue weighted by Gasteiger charge is 2.30. The van der Waals surface area contributed by atoms with Crippen LogP contribution in [0, 0.1) is 0 Å². The third-order valence-electron chi connectivity index (χ3n) is 5.30. The van der Waals surface area contributed by atoms with E-state index in [9.17, 15) is 4.79 Å². The number of carbonyl (C=O) groups is 1. The van der Waals surface area contributed by atoms with E-state index in [1.54, 1.807) is 6.33 Å². The molecule has 6 nitrogen and oxygen atoms in total. The van der Waals surface area contributed by atoms with Crippen LogP contribution in [0.2, 0.25) is 5.02 Å². The van der Waals surface area contributed by atoms with Crippen LogP contribution in [0.1, 0.15) is 35.8 Å². The lowest BCUT2D eigenvalue weighted by molar-refractivity contribution is -0.124. The van der Waals surface area contributed by atoms with Crippen LogP contribution in [0.15, 0.2) is 30.6 Å². The van der Waals surface area contributed by atoms with Gasteiger partial charge in [-0.25, -0.2) is 4.98 Å². The van der Waals surface area contributed by atoms with E-state index in [1.165, 1.54) is 0 Å². The van der Waals surface area contributed by atoms with Gasteiger partial charge in [-0.05, 0) is 24.5 Å². The number of carbonyl (C=O) groups excluding carboxylic acids is 1. The molecule has 138 valence electrons. The van der Waals surface area contributed by atoms with Crippen LogP contribution in [0.5, 0.6) is 0 Å². The lowest BCUT2D eigenvalue weighted by Crippen LogP contribution is -2.49. The molecule has 1 aromatic heterocycles. The van der Waals surface area contributed by atoms with E-state index in [4.69, 9.17) is 11.6 Å². The van der Waals surface area contributed by atoms with Crippen molar-refractivity contribution in [1.82, 2.24) is 25.5 Å². The standard InChI is InChI=1S/C19H24ClN5O/c20-15-4-2-1-3-13(15)11-25-9-6-14(7-10-25)24-19(26)18-17-16(5-8-21-18)22-12-23-17/h1-4,12,14,18,21H,5-11H2,(H,22,23)(H,24,26). The number of aromatic amines is 1. The molecule has 0 radical (unpaired) electrons. The third-order valence-corrected chi connectivity index (χ3v) is 5.67. The lowest BCUT2D eigenvalue weighted by Gasteiger charge is -2.33. The average Bonchev–Trinajstić information content (AvgIpc) is 3.14. The smallest absolute Gasteiger partial charge is 0.243 e. The van der Waals surface area contributed by atoms with Crippen molar-refractivity contribution in [1.29, 1.82) is 0 Å². The van der Waals surface area contributed by atoms with Crippen molar-refractivity contribution in [2.45, 2.75) is 37.9 Å². The van der Waals surface area contributed by atoms with Gasteiger partial charge in [-0.3, -0.25) is 9.69 Å². The fourth-order valence-corrected chi connectivity index (χ4v) is 4.02. The summed E-state index contributed by atoms with van der Waals surface area (Å²) < 4.78 is 0. The number of likely N-dealkylation sites (tertiary alicyclic amines) is 1. The first-order valence-electron chi connectivity index (χ1n) is 9.22. The Morgan fingerprint density at radius 3 is 2.92 bits per heavy atom. The molecule has 1 atom stereocenters. The van der Waals surface area contributed by atoms with Crippen LogP contribution < -0.4 is 10.6 Å². The van der Waals surface area contributed by atoms with Crippen LogP contribution >= 0.6 is 11.6 Å². The molecule has 0 spiro atoms. The Balaban J connectivity index is 1.29. The van der Waals surface area contributed by atoms with Crippen molar-refractivity contribution in [2.75, 3.05) is 19.6 Å². The Bertz CT molecular complexity index is 769. The minimum atomic E-state index is -0.342. The number of rotatable bonds is 4. The predicted molar refractivity (Wildman–Crippen MR) is 101 cm³/mol. The zero-order chi connectivity index (χ0) is 17.9. The molecule has 2 aromatic rings. The molecule has 2 aliphatic heterocycles. The van der Waals surface area contributed by atoms with E-state index in [2.05, 4.69) is 31.6 Å². The van der Waals surface area contributed by atoms with Gasteiger partial charge in [0.2, 0.25) is 5.91 Å². The second-order valence-corrected chi connectivity index (χ2v) is 7.46. The van der Waals surface area contributed by atoms with Crippen molar-refractivity contribution < 1.29 is 4.79 Å². The van der Waals surface area contributed by atoms with E-state index >= 15 is 0 Å². The van der Waals surface area contributed by atoms with Crippen LogP contribution in [-0.2, 0) is 17.8 Å². The minimum Gasteiger partial charge on any atom is -0.352 e. The molecule has 3 heterocycles. The Labute approximate surface area is 158 Å². The summed E-state index contributed by atoms with van der Waals surface area (Å²) in [5.41, 5.74) is 3.07. The van der Waals surface area contributed by atoms with Gasteiger partial charge in [0.1, 0.15) is 6.04 Å². The summed E-state index contributed by atoms with van der Waals surface area (Å²) in [5, 5.41) is 7.31. The lowest BCUT2D eigenvalue weighted by atomic mass is 10.0. The van der Waals surface area contributed by atoms with Gasteiger partial charge < -0.3 is 15.6 Å². The van der Waals surface area contributed by atoms with E-state index in [0.717, 1.165) is 67.4 Å². The molecule has 1 saturated heterocycles. The van der Waals surface area contributed by atoms with E-state index in [-0.39, 0.29) is 18.0 Å². The normalized spacial score (nSPS) is 21.3. The molecule has 1 unspecified atom stereocenters. The molecular weight excluding hydrogens is 350 g/mol. The highest BCUT2D eigenvalue weighted by atomic mass is 35.5. The molecule has 3 N–H and O–H groups in total. The van der Waals surface area contributed by atoms with Crippen molar-refractivity contribution in [2.24, 2.45) is 0 Å². The number of hydrogen-bond donors (Lipinski definition) is 3. The molecule has 26 heavy (non-hydrogen) atoms. The van der Waals surface area contributed by atoms with Gasteiger partial charge in [0.25, 0.3) is 0 Å². The average molecular weight is 374 g/mol. The quantitative estimate of drug-likeness (QED) is 0.766. The van der Waals surface area contributed by atoms with Crippen LogP contribution in [-0.4, -0.2) is 46.5 Å². The Morgan fingerprint density at radius 2 is 2.12 bits per heavy atom. The third kappa shape index (κ3) is 3.77. The summed E-state index contributed by atoms with van der Waals surface area (Å²) in [6.07, 6.45) is 4.47. The number of H-pyrrole nitrogens is 1. The van der Waals surface area contributed by atoms with Crippen molar-refractivity contribution in [3.63, 3.8) is 0 Å². The predicted octanol–water partition coefficient (Wildman–Crippen LogP) is 2.03. The maximum absolute atomic E-state index is 12.7. The number of piperidine rings is 1. The zero-order valence-electron chi connectivity index (χ0n) is 14.7. The fraction of sp³-hybridized carbons (Fsp3) is 0.474. The first kappa shape index (κ1) is 17.5. The van der Waals surface area contributed by atoms with Crippen molar-refractivity contribution in [3.8, 4) is 0 Å². The highest BCUT2D eigenvalue weighted by molar-refractivity contribution is 6.31. The van der Waals surface area contributed by atoms with Gasteiger partial charge in [0, 0.05) is 49.4 Å². The Morgan fingerprint density at radius 1 is 1.31 bits per heavy atom. The molecule has 4 rings (SSSR count). The zero-order valence-corrected chi connectivity index (χ0v) is 15.4. The summed E-state index contributed by atoms with van der Waals surface area (Å²) in [4.78, 5) is 22.5. The number of aromatic nitrogens is 2. The summed E-state index contributed by atoms with van der Waals surface area (Å²) in [7, 11) is 0. The van der Waals surface area contributed by atoms with E-state index < -0.39 is 0 Å². The molecule has 0 aliphatic carbocycles. The number of hydrogen-bond acceptors (Lipinski definition) is 4. The first-order chi connectivity index (χ1) is 12.7. The largest absolute Gasteiger partial charge is 0.352 e. The fourth-order valence-electron chi connectivity index (χ4n) is 3.82. The highest BCUT2D eigenvalue weighted by Crippen LogP contribution is 2.22. The topological polar surface area (TPSA) is 73.1 Å². The SMILES string of the molecule is O=C(NC1CCN(Cc2ccccc2Cl)CC1)C1NCCc2[nH]cnc21. The summed E-state index contributed by atoms with van der Waals surface area (Å²) in [6.45, 7) is 3.58. The minimum absolute atomic E-state index is 0.0302.